The van der Waals surface area contributed by atoms with Crippen LogP contribution >= 0.6 is 0 Å². The zero-order valence-corrected chi connectivity index (χ0v) is 11.4. The minimum Gasteiger partial charge on any atom is -0.494 e. The Kier molecular flexibility index (Phi) is 7.42. The zero-order chi connectivity index (χ0) is 13.2. The van der Waals surface area contributed by atoms with Gasteiger partial charge in [0.25, 0.3) is 0 Å². The molecule has 0 aliphatic rings. The Morgan fingerprint density at radius 1 is 1.17 bits per heavy atom. The Morgan fingerprint density at radius 3 is 2.50 bits per heavy atom. The van der Waals surface area contributed by atoms with E-state index in [0.717, 1.165) is 25.0 Å². The normalized spacial score (nSPS) is 12.4. The summed E-state index contributed by atoms with van der Waals surface area (Å²) >= 11 is 0. The van der Waals surface area contributed by atoms with Crippen molar-refractivity contribution < 1.29 is 9.13 Å². The lowest BCUT2D eigenvalue weighted by atomic mass is 10.1. The summed E-state index contributed by atoms with van der Waals surface area (Å²) in [7, 11) is 1.97. The first-order valence-corrected chi connectivity index (χ1v) is 6.71. The van der Waals surface area contributed by atoms with E-state index >= 15 is 0 Å². The highest BCUT2D eigenvalue weighted by Crippen LogP contribution is 2.14. The maximum atomic E-state index is 11.9. The van der Waals surface area contributed by atoms with Gasteiger partial charge < -0.3 is 10.1 Å². The fourth-order valence-electron chi connectivity index (χ4n) is 1.74. The molecule has 2 nitrogen and oxygen atoms in total. The molecule has 0 heterocycles. The molecule has 1 aromatic carbocycles. The predicted octanol–water partition coefficient (Wildman–Crippen LogP) is 3.36. The van der Waals surface area contributed by atoms with Crippen molar-refractivity contribution in [2.24, 2.45) is 0 Å². The van der Waals surface area contributed by atoms with Crippen molar-refractivity contribution in [2.45, 2.75) is 38.6 Å². The number of unbranched alkanes of at least 4 members (excludes halogenated alkanes) is 2. The number of alkyl halides is 1. The Morgan fingerprint density at radius 2 is 1.89 bits per heavy atom. The smallest absolute Gasteiger partial charge is 0.119 e. The first kappa shape index (κ1) is 15.0. The Bertz CT molecular complexity index is 313. The van der Waals surface area contributed by atoms with Gasteiger partial charge in [-0.1, -0.05) is 12.1 Å². The molecule has 0 fully saturated rings. The molecule has 1 rings (SSSR count). The second kappa shape index (κ2) is 8.92. The van der Waals surface area contributed by atoms with Crippen LogP contribution in [0.4, 0.5) is 4.39 Å². The van der Waals surface area contributed by atoms with Gasteiger partial charge in [0.1, 0.15) is 5.75 Å². The SMILES string of the molecule is CNC(C)Cc1ccc(OCCCCCF)cc1. The number of nitrogens with one attached hydrogen (secondary N) is 1. The summed E-state index contributed by atoms with van der Waals surface area (Å²) in [5.74, 6) is 0.899. The van der Waals surface area contributed by atoms with Gasteiger partial charge in [0.05, 0.1) is 13.3 Å². The zero-order valence-electron chi connectivity index (χ0n) is 11.4. The molecule has 1 aromatic rings. The van der Waals surface area contributed by atoms with Crippen molar-refractivity contribution in [2.75, 3.05) is 20.3 Å². The van der Waals surface area contributed by atoms with E-state index < -0.39 is 0 Å². The Hall–Kier alpha value is -1.09. The van der Waals surface area contributed by atoms with Crippen molar-refractivity contribution in [3.8, 4) is 5.75 Å². The number of likely N-dealkylation sites (N-methyl/N-ethyl adjacent to an activating group) is 1. The van der Waals surface area contributed by atoms with E-state index in [1.165, 1.54) is 5.56 Å². The van der Waals surface area contributed by atoms with Crippen LogP contribution in [-0.2, 0) is 6.42 Å². The molecule has 18 heavy (non-hydrogen) atoms. The molecule has 1 atom stereocenters. The van der Waals surface area contributed by atoms with Crippen molar-refractivity contribution in [3.63, 3.8) is 0 Å². The minimum absolute atomic E-state index is 0.224. The fourth-order valence-corrected chi connectivity index (χ4v) is 1.74. The lowest BCUT2D eigenvalue weighted by molar-refractivity contribution is 0.301. The van der Waals surface area contributed by atoms with Crippen LogP contribution in [0.25, 0.3) is 0 Å². The summed E-state index contributed by atoms with van der Waals surface area (Å²) in [5, 5.41) is 3.22. The molecule has 0 spiro atoms. The van der Waals surface area contributed by atoms with E-state index in [9.17, 15) is 4.39 Å². The second-order valence-electron chi connectivity index (χ2n) is 4.64. The highest BCUT2D eigenvalue weighted by atomic mass is 19.1. The number of halogens is 1. The van der Waals surface area contributed by atoms with Gasteiger partial charge in [-0.05, 0) is 57.4 Å². The molecular weight excluding hydrogens is 229 g/mol. The molecular formula is C15H24FNO. The van der Waals surface area contributed by atoms with Crippen molar-refractivity contribution in [1.82, 2.24) is 5.32 Å². The van der Waals surface area contributed by atoms with Gasteiger partial charge >= 0.3 is 0 Å². The van der Waals surface area contributed by atoms with E-state index in [0.29, 0.717) is 19.1 Å². The monoisotopic (exact) mass is 253 g/mol. The third-order valence-corrected chi connectivity index (χ3v) is 3.00. The molecule has 1 unspecified atom stereocenters. The molecule has 0 aliphatic carbocycles. The fraction of sp³-hybridized carbons (Fsp3) is 0.600. The number of hydrogen-bond acceptors (Lipinski definition) is 2. The summed E-state index contributed by atoms with van der Waals surface area (Å²) in [6.07, 6.45) is 3.48. The van der Waals surface area contributed by atoms with Crippen LogP contribution in [0.15, 0.2) is 24.3 Å². The van der Waals surface area contributed by atoms with Crippen molar-refractivity contribution >= 4 is 0 Å². The van der Waals surface area contributed by atoms with Crippen LogP contribution in [0.3, 0.4) is 0 Å². The van der Waals surface area contributed by atoms with Crippen molar-refractivity contribution in [3.05, 3.63) is 29.8 Å². The molecule has 0 bridgehead atoms. The van der Waals surface area contributed by atoms with Crippen LogP contribution in [0.2, 0.25) is 0 Å². The Labute approximate surface area is 110 Å². The van der Waals surface area contributed by atoms with Crippen LogP contribution in [0.1, 0.15) is 31.7 Å². The molecule has 1 N–H and O–H groups in total. The van der Waals surface area contributed by atoms with Gasteiger partial charge in [-0.3, -0.25) is 4.39 Å². The number of hydrogen-bond donors (Lipinski definition) is 1. The number of benzene rings is 1. The van der Waals surface area contributed by atoms with Crippen LogP contribution < -0.4 is 10.1 Å². The second-order valence-corrected chi connectivity index (χ2v) is 4.64. The van der Waals surface area contributed by atoms with Gasteiger partial charge in [0.15, 0.2) is 0 Å². The number of rotatable bonds is 9. The largest absolute Gasteiger partial charge is 0.494 e. The summed E-state index contributed by atoms with van der Waals surface area (Å²) in [4.78, 5) is 0. The van der Waals surface area contributed by atoms with E-state index in [2.05, 4.69) is 24.4 Å². The summed E-state index contributed by atoms with van der Waals surface area (Å²) in [6, 6.07) is 8.70. The maximum absolute atomic E-state index is 11.9. The topological polar surface area (TPSA) is 21.3 Å². The highest BCUT2D eigenvalue weighted by molar-refractivity contribution is 5.27. The Balaban J connectivity index is 2.27. The van der Waals surface area contributed by atoms with Gasteiger partial charge in [-0.2, -0.15) is 0 Å². The quantitative estimate of drug-likeness (QED) is 0.681. The lowest BCUT2D eigenvalue weighted by Crippen LogP contribution is -2.23. The lowest BCUT2D eigenvalue weighted by Gasteiger charge is -2.11. The first-order chi connectivity index (χ1) is 8.76. The summed E-state index contributed by atoms with van der Waals surface area (Å²) in [6.45, 7) is 2.61. The van der Waals surface area contributed by atoms with Gasteiger partial charge in [-0.15, -0.1) is 0 Å². The summed E-state index contributed by atoms with van der Waals surface area (Å²) < 4.78 is 17.5. The highest BCUT2D eigenvalue weighted by Gasteiger charge is 2.01. The first-order valence-electron chi connectivity index (χ1n) is 6.71. The molecule has 0 aliphatic heterocycles. The van der Waals surface area contributed by atoms with Crippen LogP contribution in [-0.4, -0.2) is 26.4 Å². The van der Waals surface area contributed by atoms with Gasteiger partial charge in [0.2, 0.25) is 0 Å². The third kappa shape index (κ3) is 6.01. The average Bonchev–Trinajstić information content (AvgIpc) is 2.40. The van der Waals surface area contributed by atoms with E-state index in [1.807, 2.05) is 19.2 Å². The van der Waals surface area contributed by atoms with Gasteiger partial charge in [-0.25, -0.2) is 0 Å². The molecule has 0 saturated heterocycles. The van der Waals surface area contributed by atoms with Crippen LogP contribution in [0.5, 0.6) is 5.75 Å². The summed E-state index contributed by atoms with van der Waals surface area (Å²) in [5.41, 5.74) is 1.31. The molecule has 102 valence electrons. The van der Waals surface area contributed by atoms with Crippen LogP contribution in [0, 0.1) is 0 Å². The standard InChI is InChI=1S/C15H24FNO/c1-13(17-2)12-14-6-8-15(9-7-14)18-11-5-3-4-10-16/h6-9,13,17H,3-5,10-12H2,1-2H3. The van der Waals surface area contributed by atoms with E-state index in [1.54, 1.807) is 0 Å². The minimum atomic E-state index is -0.224. The number of ether oxygens (including phenoxy) is 1. The molecule has 0 saturated carbocycles. The predicted molar refractivity (Wildman–Crippen MR) is 74.0 cm³/mol. The third-order valence-electron chi connectivity index (χ3n) is 3.00. The molecule has 0 amide bonds. The maximum Gasteiger partial charge on any atom is 0.119 e. The molecule has 0 radical (unpaired) electrons. The average molecular weight is 253 g/mol. The van der Waals surface area contributed by atoms with E-state index in [4.69, 9.17) is 4.74 Å². The van der Waals surface area contributed by atoms with Crippen molar-refractivity contribution in [1.29, 1.82) is 0 Å². The molecule has 3 heteroatoms. The van der Waals surface area contributed by atoms with E-state index in [-0.39, 0.29) is 6.67 Å². The van der Waals surface area contributed by atoms with Gasteiger partial charge in [0, 0.05) is 6.04 Å². The molecule has 0 aromatic heterocycles.